The molecular weight excluding hydrogens is 102 g/mol. The molecule has 0 aromatic rings. The van der Waals surface area contributed by atoms with Crippen LogP contribution < -0.4 is 5.73 Å². The maximum atomic E-state index is 6.67. The molecule has 0 aliphatic rings. The van der Waals surface area contributed by atoms with Gasteiger partial charge in [0.05, 0.1) is 6.42 Å². The quantitative estimate of drug-likeness (QED) is 0.294. The molecule has 0 aliphatic carbocycles. The fourth-order valence-corrected chi connectivity index (χ4v) is 0.301. The molecule has 0 amide bonds. The molecule has 0 spiro atoms. The number of hydrogen-bond donors (Lipinski definition) is 2. The Labute approximate surface area is 49.3 Å². The van der Waals surface area contributed by atoms with Crippen LogP contribution in [0.3, 0.4) is 0 Å². The van der Waals surface area contributed by atoms with E-state index in [-0.39, 0.29) is 6.17 Å². The van der Waals surface area contributed by atoms with Gasteiger partial charge in [-0.1, -0.05) is 0 Å². The van der Waals surface area contributed by atoms with Crippen molar-refractivity contribution in [2.24, 2.45) is 5.73 Å². The molecule has 0 saturated heterocycles. The van der Waals surface area contributed by atoms with Gasteiger partial charge in [0.15, 0.2) is 0 Å². The lowest BCUT2D eigenvalue weighted by molar-refractivity contribution is -0.527. The highest BCUT2D eigenvalue weighted by molar-refractivity contribution is 5.53. The van der Waals surface area contributed by atoms with Crippen LogP contribution in [-0.2, 0) is 0 Å². The maximum absolute atomic E-state index is 6.67. The zero-order valence-corrected chi connectivity index (χ0v) is 5.09. The highest BCUT2D eigenvalue weighted by Crippen LogP contribution is 1.80. The van der Waals surface area contributed by atoms with E-state index in [1.807, 2.05) is 0 Å². The largest absolute Gasteiger partial charge is 0.313 e. The first-order valence-corrected chi connectivity index (χ1v) is 2.46. The zero-order chi connectivity index (χ0) is 6.57. The van der Waals surface area contributed by atoms with Crippen molar-refractivity contribution in [1.29, 1.82) is 5.41 Å². The monoisotopic (exact) mass is 114 g/mol. The third kappa shape index (κ3) is 2.47. The predicted molar refractivity (Wildman–Crippen MR) is 34.7 cm³/mol. The van der Waals surface area contributed by atoms with Gasteiger partial charge in [-0.05, 0) is 0 Å². The van der Waals surface area contributed by atoms with Crippen molar-refractivity contribution in [2.45, 2.75) is 12.6 Å². The first kappa shape index (κ1) is 7.30. The van der Waals surface area contributed by atoms with Crippen molar-refractivity contribution < 1.29 is 4.58 Å². The van der Waals surface area contributed by atoms with E-state index in [2.05, 4.69) is 6.72 Å². The average molecular weight is 114 g/mol. The standard InChI is InChI=1S/C5H12N3/c1-8(2)5(7)3-4-6/h4-6H,1,3,7H2,2H3/q+1. The minimum Gasteiger partial charge on any atom is -0.313 e. The summed E-state index contributed by atoms with van der Waals surface area (Å²) in [4.78, 5) is 0. The van der Waals surface area contributed by atoms with Gasteiger partial charge in [0, 0.05) is 6.21 Å². The summed E-state index contributed by atoms with van der Waals surface area (Å²) in [5.41, 5.74) is 5.44. The van der Waals surface area contributed by atoms with Crippen LogP contribution in [0.25, 0.3) is 0 Å². The Balaban J connectivity index is 3.46. The van der Waals surface area contributed by atoms with E-state index in [9.17, 15) is 0 Å². The van der Waals surface area contributed by atoms with Crippen LogP contribution in [0.1, 0.15) is 6.42 Å². The lowest BCUT2D eigenvalue weighted by Gasteiger charge is -1.99. The third-order valence-electron chi connectivity index (χ3n) is 0.925. The minimum absolute atomic E-state index is 0.104. The SMILES string of the molecule is C=[N+](C)C(N)CC=N. The fourth-order valence-electron chi connectivity index (χ4n) is 0.301. The molecular formula is C5H12N3+. The van der Waals surface area contributed by atoms with E-state index < -0.39 is 0 Å². The second kappa shape index (κ2) is 3.32. The van der Waals surface area contributed by atoms with Crippen LogP contribution in [0.5, 0.6) is 0 Å². The summed E-state index contributed by atoms with van der Waals surface area (Å²) in [5.74, 6) is 0. The van der Waals surface area contributed by atoms with E-state index in [1.165, 1.54) is 6.21 Å². The van der Waals surface area contributed by atoms with Gasteiger partial charge in [-0.3, -0.25) is 5.73 Å². The third-order valence-corrected chi connectivity index (χ3v) is 0.925. The highest BCUT2D eigenvalue weighted by atomic mass is 15.1. The molecule has 1 unspecified atom stereocenters. The number of nitrogens with two attached hydrogens (primary N) is 1. The van der Waals surface area contributed by atoms with E-state index in [0.29, 0.717) is 6.42 Å². The average Bonchev–Trinajstić information content (AvgIpc) is 1.67. The van der Waals surface area contributed by atoms with E-state index >= 15 is 0 Å². The molecule has 3 nitrogen and oxygen atoms in total. The van der Waals surface area contributed by atoms with Crippen LogP contribution in [0.15, 0.2) is 0 Å². The molecule has 46 valence electrons. The Bertz CT molecular complexity index is 97.8. The van der Waals surface area contributed by atoms with Crippen molar-refractivity contribution in [3.63, 3.8) is 0 Å². The van der Waals surface area contributed by atoms with Gasteiger partial charge in [-0.25, -0.2) is 4.58 Å². The number of nitrogens with zero attached hydrogens (tertiary/aromatic N) is 1. The Morgan fingerprint density at radius 3 is 2.62 bits per heavy atom. The van der Waals surface area contributed by atoms with Gasteiger partial charge < -0.3 is 5.41 Å². The second-order valence-corrected chi connectivity index (χ2v) is 1.76. The van der Waals surface area contributed by atoms with Crippen LogP contribution in [0.4, 0.5) is 0 Å². The molecule has 0 saturated carbocycles. The smallest absolute Gasteiger partial charge is 0.208 e. The van der Waals surface area contributed by atoms with Crippen molar-refractivity contribution in [3.8, 4) is 0 Å². The molecule has 0 radical (unpaired) electrons. The number of rotatable bonds is 3. The van der Waals surface area contributed by atoms with Gasteiger partial charge >= 0.3 is 0 Å². The summed E-state index contributed by atoms with van der Waals surface area (Å²) in [7, 11) is 1.79. The zero-order valence-electron chi connectivity index (χ0n) is 5.09. The van der Waals surface area contributed by atoms with E-state index in [1.54, 1.807) is 11.6 Å². The van der Waals surface area contributed by atoms with Gasteiger partial charge in [-0.15, -0.1) is 0 Å². The lowest BCUT2D eigenvalue weighted by Crippen LogP contribution is -2.31. The van der Waals surface area contributed by atoms with Crippen LogP contribution in [0.2, 0.25) is 0 Å². The molecule has 3 heteroatoms. The molecule has 3 N–H and O–H groups in total. The number of nitrogens with one attached hydrogen (secondary N) is 1. The van der Waals surface area contributed by atoms with Crippen molar-refractivity contribution in [3.05, 3.63) is 0 Å². The van der Waals surface area contributed by atoms with E-state index in [0.717, 1.165) is 0 Å². The Kier molecular flexibility index (Phi) is 3.03. The van der Waals surface area contributed by atoms with Crippen LogP contribution >= 0.6 is 0 Å². The molecule has 0 fully saturated rings. The van der Waals surface area contributed by atoms with Crippen molar-refractivity contribution in [1.82, 2.24) is 0 Å². The summed E-state index contributed by atoms with van der Waals surface area (Å²) >= 11 is 0. The Morgan fingerprint density at radius 2 is 2.50 bits per heavy atom. The molecule has 0 heterocycles. The molecule has 0 aromatic heterocycles. The molecule has 0 aliphatic heterocycles. The van der Waals surface area contributed by atoms with Gasteiger partial charge in [0.2, 0.25) is 6.17 Å². The molecule has 1 atom stereocenters. The summed E-state index contributed by atoms with van der Waals surface area (Å²) in [5, 5.41) is 6.67. The summed E-state index contributed by atoms with van der Waals surface area (Å²) in [6.07, 6.45) is 1.75. The van der Waals surface area contributed by atoms with Gasteiger partial charge in [-0.2, -0.15) is 0 Å². The van der Waals surface area contributed by atoms with Crippen LogP contribution in [0, 0.1) is 5.41 Å². The summed E-state index contributed by atoms with van der Waals surface area (Å²) < 4.78 is 1.63. The van der Waals surface area contributed by atoms with Crippen LogP contribution in [-0.4, -0.2) is 30.7 Å². The fraction of sp³-hybridized carbons (Fsp3) is 0.600. The van der Waals surface area contributed by atoms with Crippen molar-refractivity contribution in [2.75, 3.05) is 7.05 Å². The molecule has 0 rings (SSSR count). The lowest BCUT2D eigenvalue weighted by atomic mass is 10.4. The molecule has 8 heavy (non-hydrogen) atoms. The normalized spacial score (nSPS) is 12.8. The van der Waals surface area contributed by atoms with Gasteiger partial charge in [0.25, 0.3) is 0 Å². The second-order valence-electron chi connectivity index (χ2n) is 1.76. The first-order chi connectivity index (χ1) is 3.68. The maximum Gasteiger partial charge on any atom is 0.208 e. The summed E-state index contributed by atoms with van der Waals surface area (Å²) in [6.45, 7) is 3.56. The minimum atomic E-state index is -0.104. The highest BCUT2D eigenvalue weighted by Gasteiger charge is 2.03. The Hall–Kier alpha value is -0.700. The summed E-state index contributed by atoms with van der Waals surface area (Å²) in [6, 6.07) is 0. The topological polar surface area (TPSA) is 52.9 Å². The Morgan fingerprint density at radius 1 is 2.00 bits per heavy atom. The van der Waals surface area contributed by atoms with Crippen molar-refractivity contribution >= 4 is 12.9 Å². The van der Waals surface area contributed by atoms with E-state index in [4.69, 9.17) is 11.1 Å². The molecule has 0 aromatic carbocycles. The van der Waals surface area contributed by atoms with Gasteiger partial charge in [0.1, 0.15) is 13.8 Å². The molecule has 0 bridgehead atoms. The number of hydrogen-bond acceptors (Lipinski definition) is 2. The predicted octanol–water partition coefficient (Wildman–Crippen LogP) is -0.346. The first-order valence-electron chi connectivity index (χ1n) is 2.46.